The van der Waals surface area contributed by atoms with E-state index in [1.54, 1.807) is 0 Å². The minimum atomic E-state index is -0.672. The van der Waals surface area contributed by atoms with Gasteiger partial charge in [0.15, 0.2) is 0 Å². The van der Waals surface area contributed by atoms with Crippen molar-refractivity contribution < 1.29 is 24.4 Å². The summed E-state index contributed by atoms with van der Waals surface area (Å²) < 4.78 is 12.8. The van der Waals surface area contributed by atoms with Gasteiger partial charge in [0.2, 0.25) is 11.6 Å². The van der Waals surface area contributed by atoms with Gasteiger partial charge in [-0.2, -0.15) is 9.78 Å². The van der Waals surface area contributed by atoms with E-state index in [2.05, 4.69) is 29.6 Å². The zero-order valence-electron chi connectivity index (χ0n) is 21.5. The molecule has 0 amide bonds. The summed E-state index contributed by atoms with van der Waals surface area (Å²) in [5, 5.41) is 13.0. The standard InChI is InChI=1S/C29H43NO5/c1-27(2,31)19-30-12-3-13-32-26-6-4-22(5-7-26)23-8-10-28(11-9-23)33-29(35-34-28)24-15-20-14-21(17-24)18-25(29)16-20/h4-7,20-21,23-25,30-31H,3,8-19H2,1-2H3. The fourth-order valence-corrected chi connectivity index (χ4v) is 7.80. The third kappa shape index (κ3) is 4.89. The lowest BCUT2D eigenvalue weighted by molar-refractivity contribution is -0.390. The van der Waals surface area contributed by atoms with Gasteiger partial charge in [-0.05, 0) is 107 Å². The maximum absolute atomic E-state index is 9.73. The number of benzene rings is 1. The molecule has 0 radical (unpaired) electrons. The zero-order valence-corrected chi connectivity index (χ0v) is 21.5. The molecule has 0 aromatic heterocycles. The second-order valence-electron chi connectivity index (χ2n) is 12.7. The number of rotatable bonds is 8. The van der Waals surface area contributed by atoms with Gasteiger partial charge in [0, 0.05) is 31.2 Å². The van der Waals surface area contributed by atoms with E-state index in [0.29, 0.717) is 30.9 Å². The highest BCUT2D eigenvalue weighted by atomic mass is 17.3. The van der Waals surface area contributed by atoms with Crippen LogP contribution in [0.1, 0.15) is 89.5 Å². The Balaban J connectivity index is 0.973. The topological polar surface area (TPSA) is 69.2 Å². The van der Waals surface area contributed by atoms with Crippen molar-refractivity contribution in [3.63, 3.8) is 0 Å². The molecule has 6 nitrogen and oxygen atoms in total. The minimum Gasteiger partial charge on any atom is -0.494 e. The lowest BCUT2D eigenvalue weighted by Gasteiger charge is -2.57. The Morgan fingerprint density at radius 1 is 0.971 bits per heavy atom. The van der Waals surface area contributed by atoms with Crippen LogP contribution in [-0.4, -0.2) is 42.0 Å². The number of aliphatic hydroxyl groups is 1. The highest BCUT2D eigenvalue weighted by Gasteiger charge is 2.66. The Bertz CT molecular complexity index is 842. The third-order valence-corrected chi connectivity index (χ3v) is 9.37. The van der Waals surface area contributed by atoms with Crippen molar-refractivity contribution in [2.45, 2.75) is 101 Å². The average molecular weight is 486 g/mol. The molecule has 5 aliphatic carbocycles. The summed E-state index contributed by atoms with van der Waals surface area (Å²) in [5.74, 6) is 3.31. The Labute approximate surface area is 210 Å². The molecule has 0 unspecified atom stereocenters. The molecular weight excluding hydrogens is 442 g/mol. The van der Waals surface area contributed by atoms with Gasteiger partial charge in [-0.15, -0.1) is 0 Å². The van der Waals surface area contributed by atoms with Crippen molar-refractivity contribution in [2.24, 2.45) is 23.7 Å². The molecule has 4 bridgehead atoms. The minimum absolute atomic E-state index is 0.455. The van der Waals surface area contributed by atoms with Gasteiger partial charge < -0.3 is 19.9 Å². The molecule has 1 aromatic carbocycles. The molecule has 2 spiro atoms. The molecule has 1 aliphatic heterocycles. The summed E-state index contributed by atoms with van der Waals surface area (Å²) >= 11 is 0. The first kappa shape index (κ1) is 24.2. The van der Waals surface area contributed by atoms with Crippen LogP contribution in [0.2, 0.25) is 0 Å². The number of hydrogen-bond acceptors (Lipinski definition) is 6. The summed E-state index contributed by atoms with van der Waals surface area (Å²) in [4.78, 5) is 12.3. The highest BCUT2D eigenvalue weighted by molar-refractivity contribution is 5.30. The molecule has 1 aromatic rings. The summed E-state index contributed by atoms with van der Waals surface area (Å²) in [6.45, 7) is 5.72. The SMILES string of the molecule is CC(C)(O)CNCCCOc1ccc(C2CCC3(CC2)OOC2(O3)C3CC4CC(C3)CC2C4)cc1. The largest absolute Gasteiger partial charge is 0.494 e. The van der Waals surface area contributed by atoms with Crippen LogP contribution >= 0.6 is 0 Å². The van der Waals surface area contributed by atoms with E-state index in [4.69, 9.17) is 19.2 Å². The monoisotopic (exact) mass is 485 g/mol. The molecule has 1 saturated heterocycles. The molecule has 5 saturated carbocycles. The Kier molecular flexibility index (Phi) is 6.41. The van der Waals surface area contributed by atoms with E-state index in [9.17, 15) is 5.11 Å². The first-order chi connectivity index (χ1) is 16.8. The molecule has 6 fully saturated rings. The maximum atomic E-state index is 9.73. The molecule has 7 rings (SSSR count). The molecule has 2 N–H and O–H groups in total. The van der Waals surface area contributed by atoms with Crippen molar-refractivity contribution in [1.29, 1.82) is 0 Å². The van der Waals surface area contributed by atoms with E-state index in [0.717, 1.165) is 56.2 Å². The summed E-state index contributed by atoms with van der Waals surface area (Å²) in [6, 6.07) is 8.63. The summed E-state index contributed by atoms with van der Waals surface area (Å²) in [5.41, 5.74) is 0.706. The van der Waals surface area contributed by atoms with Gasteiger partial charge in [-0.1, -0.05) is 12.1 Å². The van der Waals surface area contributed by atoms with E-state index < -0.39 is 17.2 Å². The zero-order chi connectivity index (χ0) is 24.1. The summed E-state index contributed by atoms with van der Waals surface area (Å²) in [6.07, 6.45) is 11.3. The Morgan fingerprint density at radius 2 is 1.63 bits per heavy atom. The third-order valence-electron chi connectivity index (χ3n) is 9.37. The quantitative estimate of drug-likeness (QED) is 0.385. The van der Waals surface area contributed by atoms with Crippen LogP contribution in [0.25, 0.3) is 0 Å². The van der Waals surface area contributed by atoms with Crippen molar-refractivity contribution in [3.8, 4) is 5.75 Å². The maximum Gasteiger partial charge on any atom is 0.210 e. The first-order valence-electron chi connectivity index (χ1n) is 14.1. The van der Waals surface area contributed by atoms with E-state index >= 15 is 0 Å². The lowest BCUT2D eigenvalue weighted by Crippen LogP contribution is -2.59. The molecule has 6 aliphatic rings. The van der Waals surface area contributed by atoms with Crippen LogP contribution in [0.15, 0.2) is 24.3 Å². The lowest BCUT2D eigenvalue weighted by atomic mass is 9.53. The molecular formula is C29H43NO5. The molecule has 194 valence electrons. The van der Waals surface area contributed by atoms with Crippen LogP contribution in [0.5, 0.6) is 5.75 Å². The smallest absolute Gasteiger partial charge is 0.210 e. The van der Waals surface area contributed by atoms with Crippen LogP contribution in [0.4, 0.5) is 0 Å². The van der Waals surface area contributed by atoms with Gasteiger partial charge >= 0.3 is 0 Å². The Hall–Kier alpha value is -1.18. The van der Waals surface area contributed by atoms with Crippen LogP contribution in [0.3, 0.4) is 0 Å². The van der Waals surface area contributed by atoms with Gasteiger partial charge in [-0.3, -0.25) is 0 Å². The predicted molar refractivity (Wildman–Crippen MR) is 133 cm³/mol. The van der Waals surface area contributed by atoms with Crippen molar-refractivity contribution >= 4 is 0 Å². The van der Waals surface area contributed by atoms with E-state index in [1.165, 1.54) is 37.7 Å². The first-order valence-corrected chi connectivity index (χ1v) is 14.1. The van der Waals surface area contributed by atoms with Crippen molar-refractivity contribution in [3.05, 3.63) is 29.8 Å². The van der Waals surface area contributed by atoms with Crippen molar-refractivity contribution in [2.75, 3.05) is 19.7 Å². The van der Waals surface area contributed by atoms with Gasteiger partial charge in [0.25, 0.3) is 0 Å². The average Bonchev–Trinajstić information content (AvgIpc) is 3.19. The number of nitrogens with one attached hydrogen (secondary N) is 1. The molecule has 6 heteroatoms. The predicted octanol–water partition coefficient (Wildman–Crippen LogP) is 5.30. The summed E-state index contributed by atoms with van der Waals surface area (Å²) in [7, 11) is 0. The molecule has 0 atom stereocenters. The second-order valence-corrected chi connectivity index (χ2v) is 12.7. The Morgan fingerprint density at radius 3 is 2.26 bits per heavy atom. The van der Waals surface area contributed by atoms with Crippen LogP contribution in [0, 0.1) is 23.7 Å². The second kappa shape index (κ2) is 9.29. The molecule has 35 heavy (non-hydrogen) atoms. The van der Waals surface area contributed by atoms with Crippen LogP contribution in [-0.2, 0) is 14.5 Å². The fourth-order valence-electron chi connectivity index (χ4n) is 7.80. The van der Waals surface area contributed by atoms with Gasteiger partial charge in [0.05, 0.1) is 12.2 Å². The van der Waals surface area contributed by atoms with Crippen LogP contribution < -0.4 is 10.1 Å². The van der Waals surface area contributed by atoms with Gasteiger partial charge in [-0.25, -0.2) is 0 Å². The van der Waals surface area contributed by atoms with E-state index in [-0.39, 0.29) is 0 Å². The van der Waals surface area contributed by atoms with Gasteiger partial charge in [0.1, 0.15) is 5.75 Å². The number of hydrogen-bond donors (Lipinski definition) is 2. The van der Waals surface area contributed by atoms with Crippen molar-refractivity contribution in [1.82, 2.24) is 5.32 Å². The fraction of sp³-hybridized carbons (Fsp3) is 0.793. The van der Waals surface area contributed by atoms with E-state index in [1.807, 2.05) is 13.8 Å². The number of ether oxygens (including phenoxy) is 2. The molecule has 1 heterocycles. The normalized spacial score (nSPS) is 40.1. The highest BCUT2D eigenvalue weighted by Crippen LogP contribution is 2.64.